The predicted octanol–water partition coefficient (Wildman–Crippen LogP) is 16.7. The Morgan fingerprint density at radius 1 is 0.250 bits per heavy atom. The van der Waals surface area contributed by atoms with Gasteiger partial charge in [0.05, 0.1) is 0 Å². The number of anilines is 3. The van der Waals surface area contributed by atoms with Gasteiger partial charge in [-0.25, -0.2) is 0 Å². The Balaban J connectivity index is 1.08. The van der Waals surface area contributed by atoms with Crippen molar-refractivity contribution in [2.24, 2.45) is 0 Å². The molecule has 0 N–H and O–H groups in total. The molecule has 280 valence electrons. The lowest BCUT2D eigenvalue weighted by molar-refractivity contribution is 0.669. The number of para-hydroxylation sites is 1. The molecule has 0 amide bonds. The highest BCUT2D eigenvalue weighted by molar-refractivity contribution is 6.22. The summed E-state index contributed by atoms with van der Waals surface area (Å²) < 4.78 is 6.32. The lowest BCUT2D eigenvalue weighted by Gasteiger charge is -2.27. The normalized spacial score (nSPS) is 11.7. The van der Waals surface area contributed by atoms with Gasteiger partial charge in [0.25, 0.3) is 0 Å². The number of furan rings is 1. The van der Waals surface area contributed by atoms with Crippen LogP contribution in [0.5, 0.6) is 0 Å². The molecule has 0 bridgehead atoms. The molecule has 11 aromatic carbocycles. The standard InChI is InChI=1S/C58H37NO/c1-3-14-40(15-4-1)57-52-21-10-9-19-49(52)50-33-30-45(37-54(50)58(57)41-16-5-2-6-17-41)59(46-31-34-56-53(36-46)51-20-11-12-22-55(51)60-56)44-28-25-38(26-29-44)42-27-32-48-43(35-42)24-23-39-13-7-8-18-47(39)48/h1-37H. The quantitative estimate of drug-likeness (QED) is 0.157. The molecule has 0 atom stereocenters. The van der Waals surface area contributed by atoms with Crippen LogP contribution in [0.15, 0.2) is 229 Å². The van der Waals surface area contributed by atoms with Crippen LogP contribution in [-0.4, -0.2) is 0 Å². The third-order valence-corrected chi connectivity index (χ3v) is 12.2. The van der Waals surface area contributed by atoms with Gasteiger partial charge in [-0.2, -0.15) is 0 Å². The summed E-state index contributed by atoms with van der Waals surface area (Å²) >= 11 is 0. The van der Waals surface area contributed by atoms with E-state index in [1.54, 1.807) is 0 Å². The zero-order valence-electron chi connectivity index (χ0n) is 32.7. The van der Waals surface area contributed by atoms with Crippen molar-refractivity contribution < 1.29 is 4.42 Å². The van der Waals surface area contributed by atoms with Gasteiger partial charge in [0.1, 0.15) is 11.2 Å². The first-order chi connectivity index (χ1) is 29.7. The third kappa shape index (κ3) is 5.57. The molecule has 0 aliphatic rings. The molecule has 0 aliphatic carbocycles. The second-order valence-electron chi connectivity index (χ2n) is 15.6. The topological polar surface area (TPSA) is 16.4 Å². The minimum Gasteiger partial charge on any atom is -0.456 e. The van der Waals surface area contributed by atoms with Gasteiger partial charge in [-0.05, 0) is 131 Å². The van der Waals surface area contributed by atoms with Gasteiger partial charge < -0.3 is 9.32 Å². The third-order valence-electron chi connectivity index (χ3n) is 12.2. The van der Waals surface area contributed by atoms with E-state index in [1.165, 1.54) is 76.5 Å². The van der Waals surface area contributed by atoms with E-state index in [0.717, 1.165) is 39.0 Å². The molecule has 0 radical (unpaired) electrons. The molecule has 1 aromatic heterocycles. The average Bonchev–Trinajstić information content (AvgIpc) is 3.70. The summed E-state index contributed by atoms with van der Waals surface area (Å²) in [5.41, 5.74) is 12.2. The molecule has 60 heavy (non-hydrogen) atoms. The number of rotatable bonds is 6. The van der Waals surface area contributed by atoms with Crippen LogP contribution in [0, 0.1) is 0 Å². The number of nitrogens with zero attached hydrogens (tertiary/aromatic N) is 1. The fourth-order valence-corrected chi connectivity index (χ4v) is 9.42. The van der Waals surface area contributed by atoms with E-state index in [-0.39, 0.29) is 0 Å². The van der Waals surface area contributed by atoms with E-state index in [0.29, 0.717) is 0 Å². The lowest BCUT2D eigenvalue weighted by atomic mass is 9.85. The van der Waals surface area contributed by atoms with E-state index in [9.17, 15) is 0 Å². The van der Waals surface area contributed by atoms with Crippen molar-refractivity contribution in [1.29, 1.82) is 0 Å². The van der Waals surface area contributed by atoms with E-state index < -0.39 is 0 Å². The zero-order valence-corrected chi connectivity index (χ0v) is 32.7. The van der Waals surface area contributed by atoms with Crippen LogP contribution in [0.2, 0.25) is 0 Å². The summed E-state index contributed by atoms with van der Waals surface area (Å²) in [6, 6.07) is 81.4. The summed E-state index contributed by atoms with van der Waals surface area (Å²) in [5, 5.41) is 12.2. The Morgan fingerprint density at radius 2 is 0.750 bits per heavy atom. The van der Waals surface area contributed by atoms with Gasteiger partial charge in [-0.3, -0.25) is 0 Å². The van der Waals surface area contributed by atoms with Crippen LogP contribution >= 0.6 is 0 Å². The lowest BCUT2D eigenvalue weighted by Crippen LogP contribution is -2.10. The maximum atomic E-state index is 6.32. The Kier molecular flexibility index (Phi) is 7.89. The van der Waals surface area contributed by atoms with Gasteiger partial charge in [0, 0.05) is 27.8 Å². The predicted molar refractivity (Wildman–Crippen MR) is 255 cm³/mol. The molecule has 0 unspecified atom stereocenters. The smallest absolute Gasteiger partial charge is 0.135 e. The summed E-state index contributed by atoms with van der Waals surface area (Å²) in [6.45, 7) is 0. The molecule has 2 nitrogen and oxygen atoms in total. The van der Waals surface area contributed by atoms with Crippen molar-refractivity contribution in [3.63, 3.8) is 0 Å². The Morgan fingerprint density at radius 3 is 1.52 bits per heavy atom. The van der Waals surface area contributed by atoms with E-state index in [2.05, 4.69) is 217 Å². The first kappa shape index (κ1) is 34.1. The molecule has 2 heteroatoms. The Bertz CT molecular complexity index is 3590. The first-order valence-corrected chi connectivity index (χ1v) is 20.6. The largest absolute Gasteiger partial charge is 0.456 e. The fourth-order valence-electron chi connectivity index (χ4n) is 9.42. The maximum Gasteiger partial charge on any atom is 0.135 e. The summed E-state index contributed by atoms with van der Waals surface area (Å²) in [5.74, 6) is 0. The average molecular weight is 764 g/mol. The van der Waals surface area contributed by atoms with Gasteiger partial charge in [0.15, 0.2) is 0 Å². The zero-order chi connectivity index (χ0) is 39.6. The maximum absolute atomic E-state index is 6.32. The minimum atomic E-state index is 0.878. The highest BCUT2D eigenvalue weighted by atomic mass is 16.3. The van der Waals surface area contributed by atoms with Crippen molar-refractivity contribution in [3.05, 3.63) is 224 Å². The molecule has 1 heterocycles. The molecular formula is C58H37NO. The Labute approximate surface area is 347 Å². The van der Waals surface area contributed by atoms with Crippen molar-refractivity contribution in [2.45, 2.75) is 0 Å². The first-order valence-electron chi connectivity index (χ1n) is 20.6. The van der Waals surface area contributed by atoms with Crippen molar-refractivity contribution >= 4 is 82.1 Å². The summed E-state index contributed by atoms with van der Waals surface area (Å²) in [4.78, 5) is 2.39. The second-order valence-corrected chi connectivity index (χ2v) is 15.6. The molecule has 0 fully saturated rings. The van der Waals surface area contributed by atoms with Gasteiger partial charge in [-0.15, -0.1) is 0 Å². The van der Waals surface area contributed by atoms with Crippen LogP contribution in [0.25, 0.3) is 98.4 Å². The van der Waals surface area contributed by atoms with Gasteiger partial charge in [0.2, 0.25) is 0 Å². The van der Waals surface area contributed by atoms with E-state index in [4.69, 9.17) is 4.42 Å². The second kappa shape index (κ2) is 13.9. The minimum absolute atomic E-state index is 0.878. The fraction of sp³-hybridized carbons (Fsp3) is 0. The number of fused-ring (bicyclic) bond motifs is 9. The molecule has 0 saturated heterocycles. The summed E-state index contributed by atoms with van der Waals surface area (Å²) in [6.07, 6.45) is 0. The van der Waals surface area contributed by atoms with Crippen LogP contribution < -0.4 is 4.90 Å². The van der Waals surface area contributed by atoms with Gasteiger partial charge in [-0.1, -0.05) is 170 Å². The van der Waals surface area contributed by atoms with Crippen molar-refractivity contribution in [3.8, 4) is 33.4 Å². The molecule has 0 aliphatic heterocycles. The van der Waals surface area contributed by atoms with Gasteiger partial charge >= 0.3 is 0 Å². The molecule has 12 rings (SSSR count). The van der Waals surface area contributed by atoms with Crippen molar-refractivity contribution in [2.75, 3.05) is 4.90 Å². The number of hydrogen-bond acceptors (Lipinski definition) is 2. The number of hydrogen-bond donors (Lipinski definition) is 0. The highest BCUT2D eigenvalue weighted by Gasteiger charge is 2.21. The van der Waals surface area contributed by atoms with Crippen LogP contribution in [-0.2, 0) is 0 Å². The molecular weight excluding hydrogens is 727 g/mol. The van der Waals surface area contributed by atoms with Crippen LogP contribution in [0.1, 0.15) is 0 Å². The Hall–Kier alpha value is -7.94. The molecule has 0 spiro atoms. The molecule has 0 saturated carbocycles. The number of benzene rings is 11. The summed E-state index contributed by atoms with van der Waals surface area (Å²) in [7, 11) is 0. The SMILES string of the molecule is c1ccc(-c2c(-c3ccccc3)c3cc(N(c4ccc(-c5ccc6c(ccc7ccccc76)c5)cc4)c4ccc5oc6ccccc6c5c4)ccc3c3ccccc23)cc1. The van der Waals surface area contributed by atoms with Crippen LogP contribution in [0.3, 0.4) is 0 Å². The monoisotopic (exact) mass is 763 g/mol. The molecule has 12 aromatic rings. The highest BCUT2D eigenvalue weighted by Crippen LogP contribution is 2.47. The van der Waals surface area contributed by atoms with E-state index in [1.807, 2.05) is 12.1 Å². The van der Waals surface area contributed by atoms with Crippen molar-refractivity contribution in [1.82, 2.24) is 0 Å². The van der Waals surface area contributed by atoms with Crippen LogP contribution in [0.4, 0.5) is 17.1 Å². The van der Waals surface area contributed by atoms with E-state index >= 15 is 0 Å².